The molecular formula is C17H14N2O4. The lowest BCUT2D eigenvalue weighted by atomic mass is 10.1. The second-order valence-electron chi connectivity index (χ2n) is 4.86. The molecule has 2 aromatic heterocycles. The zero-order chi connectivity index (χ0) is 16.2. The van der Waals surface area contributed by atoms with Gasteiger partial charge in [0.25, 0.3) is 5.91 Å². The lowest BCUT2D eigenvalue weighted by Crippen LogP contribution is -2.34. The number of hydrogen-bond donors (Lipinski definition) is 1. The first-order valence-corrected chi connectivity index (χ1v) is 6.96. The smallest absolute Gasteiger partial charge is 0.333 e. The van der Waals surface area contributed by atoms with Crippen LogP contribution in [0.2, 0.25) is 0 Å². The van der Waals surface area contributed by atoms with Gasteiger partial charge in [-0.15, -0.1) is 0 Å². The summed E-state index contributed by atoms with van der Waals surface area (Å²) in [6.45, 7) is 0. The maximum Gasteiger partial charge on any atom is 0.333 e. The molecule has 1 amide bonds. The van der Waals surface area contributed by atoms with E-state index in [0.29, 0.717) is 11.1 Å². The zero-order valence-electron chi connectivity index (χ0n) is 12.4. The number of para-hydroxylation sites is 1. The Kier molecular flexibility index (Phi) is 4.05. The maximum absolute atomic E-state index is 12.4. The van der Waals surface area contributed by atoms with E-state index in [1.165, 1.54) is 13.3 Å². The third-order valence-corrected chi connectivity index (χ3v) is 3.38. The van der Waals surface area contributed by atoms with Gasteiger partial charge in [0.1, 0.15) is 5.58 Å². The van der Waals surface area contributed by atoms with Crippen LogP contribution in [-0.4, -0.2) is 24.0 Å². The Balaban J connectivity index is 1.87. The van der Waals surface area contributed by atoms with Crippen LogP contribution < -0.4 is 5.32 Å². The number of nitrogens with zero attached hydrogens (tertiary/aromatic N) is 1. The van der Waals surface area contributed by atoms with Crippen LogP contribution in [0.25, 0.3) is 11.0 Å². The van der Waals surface area contributed by atoms with E-state index >= 15 is 0 Å². The Morgan fingerprint density at radius 3 is 2.74 bits per heavy atom. The van der Waals surface area contributed by atoms with E-state index in [1.54, 1.807) is 30.5 Å². The van der Waals surface area contributed by atoms with Gasteiger partial charge in [-0.25, -0.2) is 4.79 Å². The van der Waals surface area contributed by atoms with E-state index in [0.717, 1.165) is 5.39 Å². The molecule has 1 atom stereocenters. The van der Waals surface area contributed by atoms with E-state index in [4.69, 9.17) is 9.15 Å². The molecule has 6 nitrogen and oxygen atoms in total. The van der Waals surface area contributed by atoms with Gasteiger partial charge in [-0.1, -0.05) is 24.3 Å². The minimum atomic E-state index is -0.950. The Hall–Kier alpha value is -3.15. The molecule has 1 N–H and O–H groups in total. The number of benzene rings is 1. The molecule has 23 heavy (non-hydrogen) atoms. The highest BCUT2D eigenvalue weighted by molar-refractivity contribution is 5.98. The summed E-state index contributed by atoms with van der Waals surface area (Å²) in [6, 6.07) is 11.3. The van der Waals surface area contributed by atoms with Gasteiger partial charge in [-0.2, -0.15) is 0 Å². The molecule has 0 radical (unpaired) electrons. The number of ether oxygens (including phenoxy) is 1. The first-order chi connectivity index (χ1) is 11.2. The number of nitrogens with one attached hydrogen (secondary N) is 1. The highest BCUT2D eigenvalue weighted by atomic mass is 16.5. The second kappa shape index (κ2) is 6.31. The lowest BCUT2D eigenvalue weighted by molar-refractivity contribution is -0.143. The van der Waals surface area contributed by atoms with Gasteiger partial charge in [0.2, 0.25) is 0 Å². The van der Waals surface area contributed by atoms with Crippen LogP contribution in [0, 0.1) is 0 Å². The molecule has 3 rings (SSSR count). The average molecular weight is 310 g/mol. The van der Waals surface area contributed by atoms with Crippen molar-refractivity contribution in [3.05, 3.63) is 66.2 Å². The number of esters is 1. The molecule has 0 aliphatic rings. The van der Waals surface area contributed by atoms with Crippen molar-refractivity contribution < 1.29 is 18.7 Å². The summed E-state index contributed by atoms with van der Waals surface area (Å²) in [5.41, 5.74) is 1.14. The van der Waals surface area contributed by atoms with Crippen molar-refractivity contribution in [3.63, 3.8) is 0 Å². The molecule has 0 fully saturated rings. The number of hydrogen-bond acceptors (Lipinski definition) is 5. The van der Waals surface area contributed by atoms with E-state index in [2.05, 4.69) is 10.3 Å². The fourth-order valence-electron chi connectivity index (χ4n) is 2.24. The third-order valence-electron chi connectivity index (χ3n) is 3.38. The zero-order valence-corrected chi connectivity index (χ0v) is 12.4. The van der Waals surface area contributed by atoms with Crippen molar-refractivity contribution in [2.75, 3.05) is 7.11 Å². The monoisotopic (exact) mass is 310 g/mol. The third kappa shape index (κ3) is 3.06. The number of carbonyl (C=O) groups is 2. The molecule has 3 aromatic rings. The fourth-order valence-corrected chi connectivity index (χ4v) is 2.24. The maximum atomic E-state index is 12.4. The molecule has 0 aliphatic heterocycles. The molecule has 2 heterocycles. The molecule has 0 saturated heterocycles. The van der Waals surface area contributed by atoms with Crippen molar-refractivity contribution >= 4 is 22.8 Å². The second-order valence-corrected chi connectivity index (χ2v) is 4.86. The van der Waals surface area contributed by atoms with Gasteiger partial charge in [0.15, 0.2) is 11.8 Å². The summed E-state index contributed by atoms with van der Waals surface area (Å²) in [4.78, 5) is 28.3. The summed E-state index contributed by atoms with van der Waals surface area (Å²) in [6.07, 6.45) is 3.08. The van der Waals surface area contributed by atoms with Crippen molar-refractivity contribution in [1.29, 1.82) is 0 Å². The SMILES string of the molecule is COC(=O)[C@@H](NC(=O)c1cc2ccccc2o1)c1cccnc1. The molecule has 116 valence electrons. The number of methoxy groups -OCH3 is 1. The number of aromatic nitrogens is 1. The fraction of sp³-hybridized carbons (Fsp3) is 0.118. The summed E-state index contributed by atoms with van der Waals surface area (Å²) in [5, 5.41) is 3.43. The summed E-state index contributed by atoms with van der Waals surface area (Å²) in [5.74, 6) is -0.952. The number of fused-ring (bicyclic) bond motifs is 1. The minimum absolute atomic E-state index is 0.129. The van der Waals surface area contributed by atoms with Crippen LogP contribution in [-0.2, 0) is 9.53 Å². The highest BCUT2D eigenvalue weighted by Gasteiger charge is 2.25. The number of rotatable bonds is 4. The van der Waals surface area contributed by atoms with Gasteiger partial charge in [0.05, 0.1) is 7.11 Å². The largest absolute Gasteiger partial charge is 0.467 e. The Morgan fingerprint density at radius 2 is 2.04 bits per heavy atom. The lowest BCUT2D eigenvalue weighted by Gasteiger charge is -2.15. The summed E-state index contributed by atoms with van der Waals surface area (Å²) in [7, 11) is 1.26. The van der Waals surface area contributed by atoms with Crippen molar-refractivity contribution in [3.8, 4) is 0 Å². The van der Waals surface area contributed by atoms with E-state index in [1.807, 2.05) is 18.2 Å². The van der Waals surface area contributed by atoms with Crippen LogP contribution in [0.5, 0.6) is 0 Å². The average Bonchev–Trinajstić information content (AvgIpc) is 3.04. The van der Waals surface area contributed by atoms with Crippen molar-refractivity contribution in [2.24, 2.45) is 0 Å². The molecule has 1 aromatic carbocycles. The number of pyridine rings is 1. The summed E-state index contributed by atoms with van der Waals surface area (Å²) < 4.78 is 10.3. The van der Waals surface area contributed by atoms with Crippen molar-refractivity contribution in [2.45, 2.75) is 6.04 Å². The van der Waals surface area contributed by atoms with Crippen LogP contribution in [0.1, 0.15) is 22.2 Å². The molecular weight excluding hydrogens is 296 g/mol. The molecule has 0 spiro atoms. The normalized spacial score (nSPS) is 11.9. The van der Waals surface area contributed by atoms with E-state index in [9.17, 15) is 9.59 Å². The molecule has 6 heteroatoms. The standard InChI is InChI=1S/C17H14N2O4/c1-22-17(21)15(12-6-4-8-18-10-12)19-16(20)14-9-11-5-2-3-7-13(11)23-14/h2-10,15H,1H3,(H,19,20)/t15-/m0/s1. The number of carbonyl (C=O) groups excluding carboxylic acids is 2. The number of furan rings is 1. The number of amides is 1. The highest BCUT2D eigenvalue weighted by Crippen LogP contribution is 2.20. The van der Waals surface area contributed by atoms with Crippen LogP contribution >= 0.6 is 0 Å². The van der Waals surface area contributed by atoms with Crippen LogP contribution in [0.3, 0.4) is 0 Å². The Bertz CT molecular complexity index is 809. The molecule has 0 bridgehead atoms. The Labute approximate surface area is 132 Å². The van der Waals surface area contributed by atoms with Gasteiger partial charge < -0.3 is 14.5 Å². The molecule has 0 saturated carbocycles. The Morgan fingerprint density at radius 1 is 1.22 bits per heavy atom. The van der Waals surface area contributed by atoms with Gasteiger partial charge in [0, 0.05) is 23.3 Å². The first-order valence-electron chi connectivity index (χ1n) is 6.96. The van der Waals surface area contributed by atoms with E-state index in [-0.39, 0.29) is 5.76 Å². The van der Waals surface area contributed by atoms with Crippen molar-refractivity contribution in [1.82, 2.24) is 10.3 Å². The van der Waals surface area contributed by atoms with Gasteiger partial charge >= 0.3 is 5.97 Å². The van der Waals surface area contributed by atoms with Gasteiger partial charge in [-0.05, 0) is 18.2 Å². The summed E-state index contributed by atoms with van der Waals surface area (Å²) >= 11 is 0. The first kappa shape index (κ1) is 14.8. The molecule has 0 aliphatic carbocycles. The van der Waals surface area contributed by atoms with E-state index < -0.39 is 17.9 Å². The topological polar surface area (TPSA) is 81.4 Å². The minimum Gasteiger partial charge on any atom is -0.467 e. The molecule has 0 unspecified atom stereocenters. The quantitative estimate of drug-likeness (QED) is 0.749. The van der Waals surface area contributed by atoms with Gasteiger partial charge in [-0.3, -0.25) is 9.78 Å². The predicted octanol–water partition coefficient (Wildman–Crippen LogP) is 2.47. The van der Waals surface area contributed by atoms with Crippen LogP contribution in [0.4, 0.5) is 0 Å². The predicted molar refractivity (Wildman–Crippen MR) is 82.7 cm³/mol. The van der Waals surface area contributed by atoms with Crippen LogP contribution in [0.15, 0.2) is 59.3 Å².